The van der Waals surface area contributed by atoms with Crippen molar-refractivity contribution < 1.29 is 4.79 Å². The summed E-state index contributed by atoms with van der Waals surface area (Å²) in [6, 6.07) is 13.6. The highest BCUT2D eigenvalue weighted by molar-refractivity contribution is 5.96. The van der Waals surface area contributed by atoms with Gasteiger partial charge in [-0.05, 0) is 38.8 Å². The smallest absolute Gasteiger partial charge is 0.252 e. The zero-order valence-corrected chi connectivity index (χ0v) is 16.4. The molecule has 142 valence electrons. The van der Waals surface area contributed by atoms with Crippen LogP contribution in [-0.2, 0) is 4.79 Å². The molecule has 3 rings (SSSR count). The van der Waals surface area contributed by atoms with Gasteiger partial charge in [0.2, 0.25) is 5.91 Å². The van der Waals surface area contributed by atoms with Gasteiger partial charge >= 0.3 is 0 Å². The van der Waals surface area contributed by atoms with Crippen LogP contribution in [0.15, 0.2) is 36.4 Å². The lowest BCUT2D eigenvalue weighted by molar-refractivity contribution is -0.117. The fourth-order valence-corrected chi connectivity index (χ4v) is 3.18. The van der Waals surface area contributed by atoms with Gasteiger partial charge in [-0.1, -0.05) is 37.3 Å². The third kappa shape index (κ3) is 3.76. The van der Waals surface area contributed by atoms with Crippen LogP contribution in [0.1, 0.15) is 47.5 Å². The first-order chi connectivity index (χ1) is 13.4. The van der Waals surface area contributed by atoms with E-state index in [4.69, 9.17) is 0 Å². The molecular weight excluding hydrogens is 352 g/mol. The summed E-state index contributed by atoms with van der Waals surface area (Å²) in [7, 11) is 0. The maximum atomic E-state index is 13.0. The Hall–Kier alpha value is -3.53. The fraction of sp³-hybridized carbons (Fsp3) is 0.286. The van der Waals surface area contributed by atoms with Crippen LogP contribution in [0.4, 0.5) is 5.82 Å². The van der Waals surface area contributed by atoms with Crippen molar-refractivity contribution in [2.75, 3.05) is 5.32 Å². The number of nitrogens with zero attached hydrogens (tertiary/aromatic N) is 5. The number of carbonyl (C=O) groups is 1. The second-order valence-corrected chi connectivity index (χ2v) is 6.64. The van der Waals surface area contributed by atoms with Gasteiger partial charge in [-0.25, -0.2) is 9.97 Å². The van der Waals surface area contributed by atoms with Gasteiger partial charge in [0.15, 0.2) is 5.82 Å². The molecular formula is C21H22N6O. The first-order valence-electron chi connectivity index (χ1n) is 9.12. The molecule has 0 aliphatic carbocycles. The molecule has 3 aromatic rings. The van der Waals surface area contributed by atoms with Crippen molar-refractivity contribution >= 4 is 11.7 Å². The largest absolute Gasteiger partial charge is 0.309 e. The van der Waals surface area contributed by atoms with Crippen LogP contribution >= 0.6 is 0 Å². The number of carbonyl (C=O) groups excluding carboxylic acids is 1. The Bertz CT molecular complexity index is 1030. The summed E-state index contributed by atoms with van der Waals surface area (Å²) in [4.78, 5) is 21.9. The Balaban J connectivity index is 2.04. The molecule has 2 aromatic heterocycles. The third-order valence-corrected chi connectivity index (χ3v) is 4.50. The molecule has 2 heterocycles. The van der Waals surface area contributed by atoms with Gasteiger partial charge in [-0.2, -0.15) is 15.0 Å². The fourth-order valence-electron chi connectivity index (χ4n) is 3.18. The van der Waals surface area contributed by atoms with E-state index < -0.39 is 0 Å². The number of aryl methyl sites for hydroxylation is 3. The molecule has 0 aliphatic rings. The minimum absolute atomic E-state index is 0.198. The van der Waals surface area contributed by atoms with E-state index in [-0.39, 0.29) is 11.8 Å². The molecule has 1 atom stereocenters. The van der Waals surface area contributed by atoms with E-state index in [2.05, 4.69) is 26.5 Å². The minimum atomic E-state index is -0.337. The van der Waals surface area contributed by atoms with Gasteiger partial charge < -0.3 is 5.32 Å². The van der Waals surface area contributed by atoms with Crippen molar-refractivity contribution in [3.8, 4) is 12.0 Å². The first-order valence-corrected chi connectivity index (χ1v) is 9.12. The van der Waals surface area contributed by atoms with Crippen LogP contribution in [-0.4, -0.2) is 25.7 Å². The second-order valence-electron chi connectivity index (χ2n) is 6.64. The van der Waals surface area contributed by atoms with Crippen LogP contribution in [0.2, 0.25) is 0 Å². The van der Waals surface area contributed by atoms with E-state index in [1.807, 2.05) is 57.2 Å². The summed E-state index contributed by atoms with van der Waals surface area (Å²) in [6.45, 7) is 7.40. The molecule has 0 saturated heterocycles. The first kappa shape index (κ1) is 19.2. The zero-order chi connectivity index (χ0) is 20.3. The predicted octanol–water partition coefficient (Wildman–Crippen LogP) is 3.59. The Morgan fingerprint density at radius 2 is 1.82 bits per heavy atom. The standard InChI is InChI=1S/C21H22N6O/c1-5-17(16-9-7-6-8-10-16)20(28)25-19-18(12-22)15(4)26-27(19)21-23-13(2)11-14(3)24-21/h6-11,17H,5H2,1-4H3,(H,25,28)/t17-/m0/s1. The maximum absolute atomic E-state index is 13.0. The molecule has 1 aromatic carbocycles. The molecule has 0 spiro atoms. The summed E-state index contributed by atoms with van der Waals surface area (Å²) in [6.07, 6.45) is 0.630. The Morgan fingerprint density at radius 3 is 2.39 bits per heavy atom. The highest BCUT2D eigenvalue weighted by atomic mass is 16.2. The van der Waals surface area contributed by atoms with Gasteiger partial charge in [-0.15, -0.1) is 0 Å². The molecule has 7 nitrogen and oxygen atoms in total. The lowest BCUT2D eigenvalue weighted by Crippen LogP contribution is -2.23. The average Bonchev–Trinajstić information content (AvgIpc) is 2.97. The number of benzene rings is 1. The van der Waals surface area contributed by atoms with Crippen molar-refractivity contribution in [2.24, 2.45) is 0 Å². The minimum Gasteiger partial charge on any atom is -0.309 e. The third-order valence-electron chi connectivity index (χ3n) is 4.50. The van der Waals surface area contributed by atoms with Crippen LogP contribution in [0.3, 0.4) is 0 Å². The number of hydrogen-bond donors (Lipinski definition) is 1. The summed E-state index contributed by atoms with van der Waals surface area (Å²) in [5, 5.41) is 16.9. The molecule has 0 fully saturated rings. The highest BCUT2D eigenvalue weighted by Gasteiger charge is 2.24. The van der Waals surface area contributed by atoms with Crippen LogP contribution in [0.5, 0.6) is 0 Å². The molecule has 1 amide bonds. The summed E-state index contributed by atoms with van der Waals surface area (Å²) in [5.74, 6) is 0.0850. The number of hydrogen-bond acceptors (Lipinski definition) is 5. The predicted molar refractivity (Wildman–Crippen MR) is 106 cm³/mol. The van der Waals surface area contributed by atoms with E-state index in [1.54, 1.807) is 6.92 Å². The number of amides is 1. The van der Waals surface area contributed by atoms with Gasteiger partial charge in [0.1, 0.15) is 11.6 Å². The average molecular weight is 374 g/mol. The monoisotopic (exact) mass is 374 g/mol. The van der Waals surface area contributed by atoms with Crippen LogP contribution in [0, 0.1) is 32.1 Å². The van der Waals surface area contributed by atoms with Crippen LogP contribution in [0.25, 0.3) is 5.95 Å². The van der Waals surface area contributed by atoms with Crippen LogP contribution < -0.4 is 5.32 Å². The van der Waals surface area contributed by atoms with Gasteiger partial charge in [0.05, 0.1) is 11.6 Å². The van der Waals surface area contributed by atoms with Crippen molar-refractivity contribution in [1.29, 1.82) is 5.26 Å². The summed E-state index contributed by atoms with van der Waals surface area (Å²) in [5.41, 5.74) is 3.29. The number of rotatable bonds is 5. The number of aromatic nitrogens is 4. The van der Waals surface area contributed by atoms with E-state index in [1.165, 1.54) is 4.68 Å². The Labute approximate surface area is 164 Å². The molecule has 28 heavy (non-hydrogen) atoms. The molecule has 0 bridgehead atoms. The Morgan fingerprint density at radius 1 is 1.18 bits per heavy atom. The normalized spacial score (nSPS) is 11.7. The van der Waals surface area contributed by atoms with Crippen molar-refractivity contribution in [2.45, 2.75) is 40.0 Å². The lowest BCUT2D eigenvalue weighted by atomic mass is 9.95. The van der Waals surface area contributed by atoms with Gasteiger partial charge in [0, 0.05) is 11.4 Å². The number of nitriles is 1. The van der Waals surface area contributed by atoms with Crippen molar-refractivity contribution in [3.05, 3.63) is 64.6 Å². The molecule has 0 aliphatic heterocycles. The molecule has 7 heteroatoms. The van der Waals surface area contributed by atoms with E-state index >= 15 is 0 Å². The second kappa shape index (κ2) is 8.01. The van der Waals surface area contributed by atoms with E-state index in [9.17, 15) is 10.1 Å². The summed E-state index contributed by atoms with van der Waals surface area (Å²) >= 11 is 0. The topological polar surface area (TPSA) is 96.5 Å². The van der Waals surface area contributed by atoms with Crippen molar-refractivity contribution in [3.63, 3.8) is 0 Å². The molecule has 0 saturated carbocycles. The zero-order valence-electron chi connectivity index (χ0n) is 16.4. The van der Waals surface area contributed by atoms with Gasteiger partial charge in [0.25, 0.3) is 5.95 Å². The quantitative estimate of drug-likeness (QED) is 0.736. The van der Waals surface area contributed by atoms with Crippen molar-refractivity contribution in [1.82, 2.24) is 19.7 Å². The molecule has 0 unspecified atom stereocenters. The number of nitrogens with one attached hydrogen (secondary N) is 1. The van der Waals surface area contributed by atoms with Gasteiger partial charge in [-0.3, -0.25) is 4.79 Å². The highest BCUT2D eigenvalue weighted by Crippen LogP contribution is 2.26. The Kier molecular flexibility index (Phi) is 5.50. The molecule has 0 radical (unpaired) electrons. The number of anilines is 1. The maximum Gasteiger partial charge on any atom is 0.252 e. The van der Waals surface area contributed by atoms with E-state index in [0.29, 0.717) is 29.4 Å². The lowest BCUT2D eigenvalue weighted by Gasteiger charge is -2.16. The SMILES string of the molecule is CC[C@H](C(=O)Nc1c(C#N)c(C)nn1-c1nc(C)cc(C)n1)c1ccccc1. The van der Waals surface area contributed by atoms with E-state index in [0.717, 1.165) is 17.0 Å². The molecule has 1 N–H and O–H groups in total. The summed E-state index contributed by atoms with van der Waals surface area (Å²) < 4.78 is 1.43.